The van der Waals surface area contributed by atoms with E-state index in [-0.39, 0.29) is 23.7 Å². The molecule has 1 unspecified atom stereocenters. The van der Waals surface area contributed by atoms with Crippen LogP contribution in [0.3, 0.4) is 0 Å². The number of carbonyl (C=O) groups is 1. The Morgan fingerprint density at radius 3 is 2.79 bits per heavy atom. The number of nitrogens with one attached hydrogen (secondary N) is 1. The molecule has 2 aromatic rings. The van der Waals surface area contributed by atoms with Crippen molar-refractivity contribution >= 4 is 17.5 Å². The Kier molecular flexibility index (Phi) is 4.87. The molecular formula is C17H22ClN5O. The average Bonchev–Trinajstić information content (AvgIpc) is 3.00. The van der Waals surface area contributed by atoms with Crippen LogP contribution in [0.5, 0.6) is 0 Å². The number of piperazine rings is 1. The standard InChI is InChI=1S/C17H22ClN5O/c1-11(2)16-20-15(17(24)22-9-8-19-10-12(22)3)21-23(16)14-7-5-4-6-13(14)18/h4-7,11-12,19H,8-10H2,1-3H3. The largest absolute Gasteiger partial charge is 0.331 e. The van der Waals surface area contributed by atoms with Crippen LogP contribution >= 0.6 is 11.6 Å². The van der Waals surface area contributed by atoms with Gasteiger partial charge in [-0.2, -0.15) is 0 Å². The zero-order valence-electron chi connectivity index (χ0n) is 14.2. The molecule has 24 heavy (non-hydrogen) atoms. The summed E-state index contributed by atoms with van der Waals surface area (Å²) in [5.74, 6) is 0.953. The third-order valence-corrected chi connectivity index (χ3v) is 4.50. The predicted octanol–water partition coefficient (Wildman–Crippen LogP) is 2.48. The monoisotopic (exact) mass is 347 g/mol. The van der Waals surface area contributed by atoms with Gasteiger partial charge in [0.25, 0.3) is 5.91 Å². The highest BCUT2D eigenvalue weighted by Crippen LogP contribution is 2.24. The summed E-state index contributed by atoms with van der Waals surface area (Å²) in [4.78, 5) is 19.2. The van der Waals surface area contributed by atoms with Gasteiger partial charge in [-0.15, -0.1) is 5.10 Å². The summed E-state index contributed by atoms with van der Waals surface area (Å²) in [6.07, 6.45) is 0. The number of benzene rings is 1. The van der Waals surface area contributed by atoms with Gasteiger partial charge >= 0.3 is 0 Å². The van der Waals surface area contributed by atoms with Gasteiger partial charge in [-0.25, -0.2) is 9.67 Å². The molecule has 1 fully saturated rings. The van der Waals surface area contributed by atoms with Crippen LogP contribution < -0.4 is 5.32 Å². The molecule has 0 aliphatic carbocycles. The van der Waals surface area contributed by atoms with Gasteiger partial charge in [-0.05, 0) is 19.1 Å². The fourth-order valence-corrected chi connectivity index (χ4v) is 3.08. The molecular weight excluding hydrogens is 326 g/mol. The second-order valence-electron chi connectivity index (χ2n) is 6.36. The van der Waals surface area contributed by atoms with Gasteiger partial charge in [0.1, 0.15) is 5.82 Å². The van der Waals surface area contributed by atoms with Gasteiger partial charge in [0.2, 0.25) is 5.82 Å². The lowest BCUT2D eigenvalue weighted by molar-refractivity contribution is 0.0643. The summed E-state index contributed by atoms with van der Waals surface area (Å²) in [5.41, 5.74) is 0.739. The van der Waals surface area contributed by atoms with Crippen molar-refractivity contribution in [1.82, 2.24) is 25.0 Å². The lowest BCUT2D eigenvalue weighted by Gasteiger charge is -2.33. The fourth-order valence-electron chi connectivity index (χ4n) is 2.86. The SMILES string of the molecule is CC(C)c1nc(C(=O)N2CCNCC2C)nn1-c1ccccc1Cl. The predicted molar refractivity (Wildman–Crippen MR) is 93.8 cm³/mol. The minimum Gasteiger partial charge on any atom is -0.331 e. The van der Waals surface area contributed by atoms with E-state index in [2.05, 4.69) is 15.4 Å². The number of halogens is 1. The van der Waals surface area contributed by atoms with Gasteiger partial charge in [0.05, 0.1) is 10.7 Å². The quantitative estimate of drug-likeness (QED) is 0.926. The van der Waals surface area contributed by atoms with Crippen LogP contribution in [0, 0.1) is 0 Å². The molecule has 1 aromatic heterocycles. The molecule has 0 saturated carbocycles. The van der Waals surface area contributed by atoms with Gasteiger partial charge in [-0.1, -0.05) is 37.6 Å². The number of carbonyl (C=O) groups excluding carboxylic acids is 1. The van der Waals surface area contributed by atoms with E-state index in [1.165, 1.54) is 0 Å². The number of hydrogen-bond acceptors (Lipinski definition) is 4. The van der Waals surface area contributed by atoms with E-state index in [0.717, 1.165) is 24.6 Å². The number of amides is 1. The number of aromatic nitrogens is 3. The first kappa shape index (κ1) is 16.9. The van der Waals surface area contributed by atoms with E-state index in [1.807, 2.05) is 49.9 Å². The Morgan fingerprint density at radius 1 is 1.38 bits per heavy atom. The molecule has 7 heteroatoms. The number of nitrogens with zero attached hydrogens (tertiary/aromatic N) is 4. The summed E-state index contributed by atoms with van der Waals surface area (Å²) in [6, 6.07) is 7.58. The Bertz CT molecular complexity index is 742. The van der Waals surface area contributed by atoms with E-state index in [4.69, 9.17) is 11.6 Å². The molecule has 1 atom stereocenters. The second kappa shape index (κ2) is 6.91. The van der Waals surface area contributed by atoms with Crippen molar-refractivity contribution < 1.29 is 4.79 Å². The minimum absolute atomic E-state index is 0.121. The topological polar surface area (TPSA) is 63.1 Å². The molecule has 128 valence electrons. The van der Waals surface area contributed by atoms with Crippen LogP contribution in [0.4, 0.5) is 0 Å². The Labute approximate surface area is 146 Å². The Morgan fingerprint density at radius 2 is 2.12 bits per heavy atom. The van der Waals surface area contributed by atoms with Gasteiger partial charge in [0.15, 0.2) is 0 Å². The first-order valence-electron chi connectivity index (χ1n) is 8.22. The maximum atomic E-state index is 12.8. The Hall–Kier alpha value is -1.92. The number of rotatable bonds is 3. The maximum Gasteiger partial charge on any atom is 0.293 e. The third-order valence-electron chi connectivity index (χ3n) is 4.18. The molecule has 1 aliphatic heterocycles. The highest BCUT2D eigenvalue weighted by atomic mass is 35.5. The minimum atomic E-state index is -0.128. The summed E-state index contributed by atoms with van der Waals surface area (Å²) in [6.45, 7) is 8.32. The third kappa shape index (κ3) is 3.16. The number of hydrogen-bond donors (Lipinski definition) is 1. The molecule has 0 spiro atoms. The molecule has 1 saturated heterocycles. The second-order valence-corrected chi connectivity index (χ2v) is 6.77. The van der Waals surface area contributed by atoms with Gasteiger partial charge in [-0.3, -0.25) is 4.79 Å². The molecule has 1 amide bonds. The van der Waals surface area contributed by atoms with E-state index in [1.54, 1.807) is 4.68 Å². The summed E-state index contributed by atoms with van der Waals surface area (Å²) >= 11 is 6.30. The highest BCUT2D eigenvalue weighted by molar-refractivity contribution is 6.32. The molecule has 1 aromatic carbocycles. The maximum absolute atomic E-state index is 12.8. The molecule has 0 bridgehead atoms. The molecule has 1 N–H and O–H groups in total. The van der Waals surface area contributed by atoms with Crippen LogP contribution in [-0.2, 0) is 0 Å². The van der Waals surface area contributed by atoms with Crippen molar-refractivity contribution in [1.29, 1.82) is 0 Å². The first-order chi connectivity index (χ1) is 11.5. The van der Waals surface area contributed by atoms with E-state index in [9.17, 15) is 4.79 Å². The van der Waals surface area contributed by atoms with Crippen molar-refractivity contribution in [2.24, 2.45) is 0 Å². The summed E-state index contributed by atoms with van der Waals surface area (Å²) in [7, 11) is 0. The fraction of sp³-hybridized carbons (Fsp3) is 0.471. The summed E-state index contributed by atoms with van der Waals surface area (Å²) in [5, 5.41) is 8.35. The van der Waals surface area contributed by atoms with Crippen LogP contribution in [0.25, 0.3) is 5.69 Å². The highest BCUT2D eigenvalue weighted by Gasteiger charge is 2.28. The normalized spacial score (nSPS) is 18.2. The van der Waals surface area contributed by atoms with Crippen molar-refractivity contribution in [2.75, 3.05) is 19.6 Å². The van der Waals surface area contributed by atoms with Crippen molar-refractivity contribution in [2.45, 2.75) is 32.7 Å². The number of para-hydroxylation sites is 1. The molecule has 6 nitrogen and oxygen atoms in total. The van der Waals surface area contributed by atoms with Crippen LogP contribution in [0.1, 0.15) is 43.1 Å². The van der Waals surface area contributed by atoms with Crippen LogP contribution in [0.15, 0.2) is 24.3 Å². The Balaban J connectivity index is 2.00. The van der Waals surface area contributed by atoms with E-state index >= 15 is 0 Å². The van der Waals surface area contributed by atoms with Crippen LogP contribution in [-0.4, -0.2) is 51.2 Å². The zero-order valence-corrected chi connectivity index (χ0v) is 14.9. The van der Waals surface area contributed by atoms with Crippen LogP contribution in [0.2, 0.25) is 5.02 Å². The first-order valence-corrected chi connectivity index (χ1v) is 8.60. The zero-order chi connectivity index (χ0) is 17.3. The lowest BCUT2D eigenvalue weighted by Crippen LogP contribution is -2.52. The van der Waals surface area contributed by atoms with Gasteiger partial charge < -0.3 is 10.2 Å². The van der Waals surface area contributed by atoms with E-state index < -0.39 is 0 Å². The van der Waals surface area contributed by atoms with Crippen molar-refractivity contribution in [3.05, 3.63) is 40.9 Å². The van der Waals surface area contributed by atoms with Crippen molar-refractivity contribution in [3.63, 3.8) is 0 Å². The average molecular weight is 348 g/mol. The molecule has 0 radical (unpaired) electrons. The van der Waals surface area contributed by atoms with Crippen molar-refractivity contribution in [3.8, 4) is 5.69 Å². The smallest absolute Gasteiger partial charge is 0.293 e. The van der Waals surface area contributed by atoms with Gasteiger partial charge in [0, 0.05) is 31.6 Å². The molecule has 2 heterocycles. The summed E-state index contributed by atoms with van der Waals surface area (Å²) < 4.78 is 1.69. The lowest BCUT2D eigenvalue weighted by atomic mass is 10.2. The molecule has 1 aliphatic rings. The van der Waals surface area contributed by atoms with E-state index in [0.29, 0.717) is 11.6 Å². The molecule has 3 rings (SSSR count).